The Morgan fingerprint density at radius 1 is 1.37 bits per heavy atom. The number of hydrogen-bond donors (Lipinski definition) is 1. The number of aliphatic imine (C=N–C) groups is 1. The average molecular weight is 277 g/mol. The summed E-state index contributed by atoms with van der Waals surface area (Å²) in [5.41, 5.74) is 2.73. The molecule has 1 N–H and O–H groups in total. The van der Waals surface area contributed by atoms with Crippen molar-refractivity contribution in [3.8, 4) is 0 Å². The van der Waals surface area contributed by atoms with Crippen molar-refractivity contribution in [2.24, 2.45) is 4.99 Å². The molecule has 0 saturated carbocycles. The van der Waals surface area contributed by atoms with Crippen LogP contribution in [0.5, 0.6) is 0 Å². The van der Waals surface area contributed by atoms with E-state index in [-0.39, 0.29) is 0 Å². The highest BCUT2D eigenvalue weighted by Crippen LogP contribution is 2.27. The second kappa shape index (κ2) is 7.43. The average Bonchev–Trinajstić information content (AvgIpc) is 2.87. The zero-order valence-corrected chi connectivity index (χ0v) is 12.7. The van der Waals surface area contributed by atoms with Gasteiger partial charge in [0, 0.05) is 25.8 Å². The maximum Gasteiger partial charge on any atom is 0.198 e. The van der Waals surface area contributed by atoms with Crippen molar-refractivity contribution < 1.29 is 0 Å². The number of nitrogens with zero attached hydrogens (tertiary/aromatic N) is 2. The normalized spacial score (nSPS) is 14.6. The number of benzene rings is 1. The molecule has 1 aromatic rings. The van der Waals surface area contributed by atoms with Crippen molar-refractivity contribution in [1.29, 1.82) is 0 Å². The Morgan fingerprint density at radius 3 is 3.00 bits per heavy atom. The number of guanidine groups is 1. The third-order valence-electron chi connectivity index (χ3n) is 3.41. The molecule has 0 atom stereocenters. The maximum absolute atomic E-state index is 4.41. The summed E-state index contributed by atoms with van der Waals surface area (Å²) in [5, 5.41) is 3.48. The summed E-state index contributed by atoms with van der Waals surface area (Å²) in [4.78, 5) is 6.71. The third-order valence-corrected chi connectivity index (χ3v) is 4.11. The van der Waals surface area contributed by atoms with Crippen molar-refractivity contribution in [2.45, 2.75) is 19.3 Å². The molecule has 0 fully saturated rings. The molecular weight excluding hydrogens is 254 g/mol. The molecule has 0 aliphatic carbocycles. The van der Waals surface area contributed by atoms with Gasteiger partial charge < -0.3 is 10.2 Å². The van der Waals surface area contributed by atoms with Crippen molar-refractivity contribution in [3.05, 3.63) is 29.8 Å². The van der Waals surface area contributed by atoms with Crippen LogP contribution in [0, 0.1) is 0 Å². The van der Waals surface area contributed by atoms with E-state index < -0.39 is 0 Å². The van der Waals surface area contributed by atoms with Gasteiger partial charge in [-0.3, -0.25) is 4.99 Å². The first-order chi connectivity index (χ1) is 9.36. The fraction of sp³-hybridized carbons (Fsp3) is 0.533. The lowest BCUT2D eigenvalue weighted by Crippen LogP contribution is -2.40. The molecule has 3 nitrogen and oxygen atoms in total. The van der Waals surface area contributed by atoms with Crippen molar-refractivity contribution in [3.63, 3.8) is 0 Å². The van der Waals surface area contributed by atoms with Crippen molar-refractivity contribution in [1.82, 2.24) is 5.32 Å². The number of unbranched alkanes of at least 4 members (excludes halogenated alkanes) is 1. The lowest BCUT2D eigenvalue weighted by Gasteiger charge is -2.22. The quantitative estimate of drug-likeness (QED) is 0.509. The first kappa shape index (κ1) is 14.3. The molecule has 104 valence electrons. The van der Waals surface area contributed by atoms with E-state index in [1.165, 1.54) is 29.8 Å². The smallest absolute Gasteiger partial charge is 0.198 e. The van der Waals surface area contributed by atoms with Gasteiger partial charge in [0.2, 0.25) is 0 Å². The number of thioether (sulfide) groups is 1. The molecule has 1 heterocycles. The summed E-state index contributed by atoms with van der Waals surface area (Å²) in [6, 6.07) is 8.61. The van der Waals surface area contributed by atoms with Gasteiger partial charge in [-0.05, 0) is 42.9 Å². The van der Waals surface area contributed by atoms with Gasteiger partial charge in [0.25, 0.3) is 0 Å². The second-order valence-corrected chi connectivity index (χ2v) is 5.69. The van der Waals surface area contributed by atoms with Crippen LogP contribution >= 0.6 is 11.8 Å². The van der Waals surface area contributed by atoms with Crippen LogP contribution in [0.4, 0.5) is 5.69 Å². The van der Waals surface area contributed by atoms with Crippen LogP contribution in [-0.4, -0.2) is 38.1 Å². The van der Waals surface area contributed by atoms with E-state index in [4.69, 9.17) is 0 Å². The number of fused-ring (bicyclic) bond motifs is 1. The molecule has 0 radical (unpaired) electrons. The highest BCUT2D eigenvalue weighted by atomic mass is 32.2. The lowest BCUT2D eigenvalue weighted by molar-refractivity contribution is 0.749. The standard InChI is InChI=1S/C15H23N3S/c1-16-15(17-10-5-6-12-19-2)18-11-9-13-7-3-4-8-14(13)18/h3-4,7-8H,5-6,9-12H2,1-2H3,(H,16,17). The lowest BCUT2D eigenvalue weighted by atomic mass is 10.2. The Morgan fingerprint density at radius 2 is 2.21 bits per heavy atom. The van der Waals surface area contributed by atoms with E-state index >= 15 is 0 Å². The molecule has 0 saturated heterocycles. The van der Waals surface area contributed by atoms with Gasteiger partial charge in [0.1, 0.15) is 0 Å². The molecule has 1 aromatic carbocycles. The first-order valence-electron chi connectivity index (χ1n) is 6.92. The van der Waals surface area contributed by atoms with Crippen LogP contribution in [0.25, 0.3) is 0 Å². The maximum atomic E-state index is 4.41. The predicted molar refractivity (Wildman–Crippen MR) is 86.5 cm³/mol. The number of rotatable bonds is 5. The Labute approximate surface area is 120 Å². The summed E-state index contributed by atoms with van der Waals surface area (Å²) in [6.07, 6.45) is 5.74. The van der Waals surface area contributed by atoms with Crippen LogP contribution in [0.2, 0.25) is 0 Å². The molecule has 1 aliphatic rings. The van der Waals surface area contributed by atoms with E-state index in [9.17, 15) is 0 Å². The highest BCUT2D eigenvalue weighted by Gasteiger charge is 2.21. The monoisotopic (exact) mass is 277 g/mol. The largest absolute Gasteiger partial charge is 0.356 e. The molecule has 0 amide bonds. The van der Waals surface area contributed by atoms with Gasteiger partial charge in [-0.15, -0.1) is 0 Å². The Kier molecular flexibility index (Phi) is 5.58. The van der Waals surface area contributed by atoms with Crippen LogP contribution in [-0.2, 0) is 6.42 Å². The Hall–Kier alpha value is -1.16. The van der Waals surface area contributed by atoms with E-state index in [1.807, 2.05) is 18.8 Å². The van der Waals surface area contributed by atoms with E-state index in [1.54, 1.807) is 0 Å². The number of anilines is 1. The molecule has 0 bridgehead atoms. The van der Waals surface area contributed by atoms with E-state index in [2.05, 4.69) is 45.7 Å². The number of para-hydroxylation sites is 1. The minimum atomic E-state index is 1.01. The van der Waals surface area contributed by atoms with Gasteiger partial charge in [-0.1, -0.05) is 18.2 Å². The number of hydrogen-bond acceptors (Lipinski definition) is 2. The SMILES string of the molecule is CN=C(NCCCCSC)N1CCc2ccccc21. The molecule has 0 aromatic heterocycles. The number of nitrogens with one attached hydrogen (secondary N) is 1. The summed E-state index contributed by atoms with van der Waals surface area (Å²) >= 11 is 1.91. The second-order valence-electron chi connectivity index (χ2n) is 4.70. The summed E-state index contributed by atoms with van der Waals surface area (Å²) in [7, 11) is 1.87. The molecule has 0 unspecified atom stereocenters. The topological polar surface area (TPSA) is 27.6 Å². The summed E-state index contributed by atoms with van der Waals surface area (Å²) < 4.78 is 0. The Bertz CT molecular complexity index is 431. The third kappa shape index (κ3) is 3.66. The fourth-order valence-electron chi connectivity index (χ4n) is 2.43. The van der Waals surface area contributed by atoms with Crippen molar-refractivity contribution in [2.75, 3.05) is 37.0 Å². The highest BCUT2D eigenvalue weighted by molar-refractivity contribution is 7.98. The fourth-order valence-corrected chi connectivity index (χ4v) is 2.92. The zero-order chi connectivity index (χ0) is 13.5. The van der Waals surface area contributed by atoms with Crippen LogP contribution in [0.3, 0.4) is 0 Å². The minimum absolute atomic E-state index is 1.01. The first-order valence-corrected chi connectivity index (χ1v) is 8.31. The molecule has 1 aliphatic heterocycles. The minimum Gasteiger partial charge on any atom is -0.356 e. The van der Waals surface area contributed by atoms with E-state index in [0.29, 0.717) is 0 Å². The molecule has 4 heteroatoms. The van der Waals surface area contributed by atoms with Gasteiger partial charge in [0.05, 0.1) is 0 Å². The predicted octanol–water partition coefficient (Wildman–Crippen LogP) is 2.77. The zero-order valence-electron chi connectivity index (χ0n) is 11.9. The Balaban J connectivity index is 1.89. The van der Waals surface area contributed by atoms with Gasteiger partial charge in [-0.2, -0.15) is 11.8 Å². The molecular formula is C15H23N3S. The van der Waals surface area contributed by atoms with E-state index in [0.717, 1.165) is 25.5 Å². The summed E-state index contributed by atoms with van der Waals surface area (Å²) in [6.45, 7) is 2.04. The van der Waals surface area contributed by atoms with Crippen LogP contribution in [0.1, 0.15) is 18.4 Å². The summed E-state index contributed by atoms with van der Waals surface area (Å²) in [5.74, 6) is 2.25. The van der Waals surface area contributed by atoms with Gasteiger partial charge in [0.15, 0.2) is 5.96 Å². The molecule has 19 heavy (non-hydrogen) atoms. The van der Waals surface area contributed by atoms with Crippen molar-refractivity contribution >= 4 is 23.4 Å². The molecule has 0 spiro atoms. The van der Waals surface area contributed by atoms with Gasteiger partial charge in [-0.25, -0.2) is 0 Å². The van der Waals surface area contributed by atoms with Crippen LogP contribution in [0.15, 0.2) is 29.3 Å². The van der Waals surface area contributed by atoms with Crippen LogP contribution < -0.4 is 10.2 Å². The molecule has 2 rings (SSSR count). The van der Waals surface area contributed by atoms with Gasteiger partial charge >= 0.3 is 0 Å².